The number of nitrogens with zero attached hydrogens (tertiary/aromatic N) is 3. The second-order valence-electron chi connectivity index (χ2n) is 7.13. The molecular weight excluding hydrogens is 382 g/mol. The van der Waals surface area contributed by atoms with Crippen molar-refractivity contribution in [2.75, 3.05) is 57.3 Å². The van der Waals surface area contributed by atoms with E-state index < -0.39 is 0 Å². The fourth-order valence-corrected chi connectivity index (χ4v) is 4.97. The number of anilines is 2. The average Bonchev–Trinajstić information content (AvgIpc) is 2.76. The second kappa shape index (κ2) is 10.9. The van der Waals surface area contributed by atoms with Crippen molar-refractivity contribution in [3.05, 3.63) is 42.5 Å². The Morgan fingerprint density at radius 2 is 1.48 bits per heavy atom. The zero-order valence-electron chi connectivity index (χ0n) is 17.5. The molecule has 1 fully saturated rings. The number of fused-ring (bicyclic) bond motifs is 2. The number of hydrogen-bond donors (Lipinski definition) is 2. The van der Waals surface area contributed by atoms with Crippen molar-refractivity contribution in [1.82, 2.24) is 9.80 Å². The highest BCUT2D eigenvalue weighted by Crippen LogP contribution is 2.48. The highest BCUT2D eigenvalue weighted by atomic mass is 32.2. The first-order valence-electron chi connectivity index (χ1n) is 10.7. The molecule has 0 bridgehead atoms. The molecule has 1 saturated heterocycles. The van der Waals surface area contributed by atoms with E-state index in [2.05, 4.69) is 39.0 Å². The van der Waals surface area contributed by atoms with E-state index >= 15 is 0 Å². The van der Waals surface area contributed by atoms with Crippen molar-refractivity contribution in [2.45, 2.75) is 30.1 Å². The molecule has 2 aliphatic heterocycles. The largest absolute Gasteiger partial charge is 0.508 e. The van der Waals surface area contributed by atoms with Gasteiger partial charge in [0.05, 0.1) is 18.0 Å². The summed E-state index contributed by atoms with van der Waals surface area (Å²) < 4.78 is 0. The lowest BCUT2D eigenvalue weighted by atomic mass is 10.2. The number of para-hydroxylation sites is 1. The van der Waals surface area contributed by atoms with E-state index in [1.807, 2.05) is 26.0 Å². The van der Waals surface area contributed by atoms with E-state index in [-0.39, 0.29) is 6.61 Å². The van der Waals surface area contributed by atoms with Gasteiger partial charge >= 0.3 is 0 Å². The lowest BCUT2D eigenvalue weighted by Crippen LogP contribution is -2.47. The summed E-state index contributed by atoms with van der Waals surface area (Å²) in [7, 11) is 0. The Bertz CT molecular complexity index is 778. The Labute approximate surface area is 178 Å². The number of β-amino-alcohol motifs (C(OH)–C–C–N with tert-alkyl or cyclic N) is 1. The van der Waals surface area contributed by atoms with Gasteiger partial charge in [0.1, 0.15) is 5.75 Å². The van der Waals surface area contributed by atoms with Crippen LogP contribution in [0.3, 0.4) is 0 Å². The summed E-state index contributed by atoms with van der Waals surface area (Å²) in [6.07, 6.45) is 1.08. The van der Waals surface area contributed by atoms with Crippen LogP contribution in [-0.2, 0) is 0 Å². The van der Waals surface area contributed by atoms with Crippen LogP contribution >= 0.6 is 11.8 Å². The number of aliphatic hydroxyl groups excluding tert-OH is 1. The molecular formula is C23H33N3O2S. The van der Waals surface area contributed by atoms with Crippen LogP contribution in [0.2, 0.25) is 0 Å². The molecule has 0 aliphatic carbocycles. The predicted molar refractivity (Wildman–Crippen MR) is 122 cm³/mol. The van der Waals surface area contributed by atoms with Crippen molar-refractivity contribution < 1.29 is 10.2 Å². The van der Waals surface area contributed by atoms with Gasteiger partial charge in [-0.1, -0.05) is 37.7 Å². The van der Waals surface area contributed by atoms with Gasteiger partial charge in [-0.15, -0.1) is 0 Å². The smallest absolute Gasteiger partial charge is 0.117 e. The second-order valence-corrected chi connectivity index (χ2v) is 8.22. The number of phenols is 1. The summed E-state index contributed by atoms with van der Waals surface area (Å²) in [5, 5.41) is 19.1. The number of piperazine rings is 1. The van der Waals surface area contributed by atoms with Gasteiger partial charge in [-0.3, -0.25) is 4.90 Å². The molecule has 0 atom stereocenters. The molecule has 4 rings (SSSR count). The fraction of sp³-hybridized carbons (Fsp3) is 0.478. The molecule has 0 aromatic heterocycles. The predicted octanol–water partition coefficient (Wildman–Crippen LogP) is 4.02. The molecule has 2 aromatic rings. The van der Waals surface area contributed by atoms with Crippen LogP contribution in [0.15, 0.2) is 52.3 Å². The van der Waals surface area contributed by atoms with E-state index in [0.717, 1.165) is 57.9 Å². The fourth-order valence-electron chi connectivity index (χ4n) is 3.89. The molecule has 29 heavy (non-hydrogen) atoms. The van der Waals surface area contributed by atoms with Crippen molar-refractivity contribution in [3.8, 4) is 5.75 Å². The lowest BCUT2D eigenvalue weighted by molar-refractivity contribution is 0.112. The molecule has 2 aromatic carbocycles. The van der Waals surface area contributed by atoms with Crippen LogP contribution in [0.1, 0.15) is 20.3 Å². The quantitative estimate of drug-likeness (QED) is 0.743. The standard InChI is InChI=1S/C21H27N3O2S.C2H6/c25-15-14-23-12-10-22(11-13-23)8-3-9-24-18-4-1-2-5-20(18)27-21-7-6-17(26)16-19(21)24;1-2/h1-2,4-7,16,25-26H,3,8-15H2;1-2H3. The maximum absolute atomic E-state index is 9.99. The van der Waals surface area contributed by atoms with E-state index in [1.54, 1.807) is 17.8 Å². The Hall–Kier alpha value is -1.73. The zero-order valence-corrected chi connectivity index (χ0v) is 18.4. The molecule has 2 aliphatic rings. The molecule has 0 saturated carbocycles. The minimum atomic E-state index is 0.249. The van der Waals surface area contributed by atoms with Crippen LogP contribution in [0.5, 0.6) is 5.75 Å². The normalized spacial score (nSPS) is 16.6. The maximum Gasteiger partial charge on any atom is 0.117 e. The van der Waals surface area contributed by atoms with Gasteiger partial charge in [0, 0.05) is 55.1 Å². The van der Waals surface area contributed by atoms with Crippen LogP contribution in [-0.4, -0.2) is 72.4 Å². The van der Waals surface area contributed by atoms with Crippen LogP contribution in [0, 0.1) is 0 Å². The van der Waals surface area contributed by atoms with Crippen LogP contribution in [0.4, 0.5) is 11.4 Å². The Morgan fingerprint density at radius 1 is 0.828 bits per heavy atom. The van der Waals surface area contributed by atoms with E-state index in [4.69, 9.17) is 5.11 Å². The minimum absolute atomic E-state index is 0.249. The summed E-state index contributed by atoms with van der Waals surface area (Å²) in [5.74, 6) is 0.318. The average molecular weight is 416 g/mol. The van der Waals surface area contributed by atoms with Crippen LogP contribution in [0.25, 0.3) is 0 Å². The van der Waals surface area contributed by atoms with Gasteiger partial charge in [-0.25, -0.2) is 0 Å². The van der Waals surface area contributed by atoms with Crippen molar-refractivity contribution in [2.24, 2.45) is 0 Å². The molecule has 0 spiro atoms. The summed E-state index contributed by atoms with van der Waals surface area (Å²) in [4.78, 5) is 9.66. The summed E-state index contributed by atoms with van der Waals surface area (Å²) in [6.45, 7) is 11.3. The van der Waals surface area contributed by atoms with Crippen molar-refractivity contribution in [1.29, 1.82) is 0 Å². The molecule has 0 radical (unpaired) electrons. The summed E-state index contributed by atoms with van der Waals surface area (Å²) >= 11 is 1.77. The molecule has 5 nitrogen and oxygen atoms in total. The third kappa shape index (κ3) is 5.45. The third-order valence-corrected chi connectivity index (χ3v) is 6.48. The molecule has 2 heterocycles. The molecule has 6 heteroatoms. The van der Waals surface area contributed by atoms with E-state index in [9.17, 15) is 5.11 Å². The summed E-state index contributed by atoms with van der Waals surface area (Å²) in [5.41, 5.74) is 2.33. The Balaban J connectivity index is 0.00000117. The third-order valence-electron chi connectivity index (χ3n) is 5.35. The van der Waals surface area contributed by atoms with E-state index in [0.29, 0.717) is 5.75 Å². The molecule has 2 N–H and O–H groups in total. The van der Waals surface area contributed by atoms with Crippen molar-refractivity contribution in [3.63, 3.8) is 0 Å². The number of benzene rings is 2. The monoisotopic (exact) mass is 415 g/mol. The van der Waals surface area contributed by atoms with Gasteiger partial charge in [0.15, 0.2) is 0 Å². The number of aliphatic hydroxyl groups is 1. The highest BCUT2D eigenvalue weighted by Gasteiger charge is 2.24. The number of rotatable bonds is 6. The van der Waals surface area contributed by atoms with Gasteiger partial charge in [-0.05, 0) is 37.2 Å². The lowest BCUT2D eigenvalue weighted by Gasteiger charge is -2.36. The van der Waals surface area contributed by atoms with E-state index in [1.165, 1.54) is 15.5 Å². The topological polar surface area (TPSA) is 50.2 Å². The SMILES string of the molecule is CC.OCCN1CCN(CCCN2c3ccccc3Sc3ccc(O)cc32)CC1. The summed E-state index contributed by atoms with van der Waals surface area (Å²) in [6, 6.07) is 14.2. The number of aromatic hydroxyl groups is 1. The first kappa shape index (κ1) is 22.0. The maximum atomic E-state index is 9.99. The molecule has 158 valence electrons. The van der Waals surface area contributed by atoms with Gasteiger partial charge in [0.2, 0.25) is 0 Å². The number of phenolic OH excluding ortho intramolecular Hbond substituents is 1. The highest BCUT2D eigenvalue weighted by molar-refractivity contribution is 7.99. The Kier molecular flexibility index (Phi) is 8.24. The molecule has 0 amide bonds. The zero-order chi connectivity index (χ0) is 20.6. The van der Waals surface area contributed by atoms with Crippen LogP contribution < -0.4 is 4.90 Å². The van der Waals surface area contributed by atoms with Gasteiger partial charge in [-0.2, -0.15) is 0 Å². The minimum Gasteiger partial charge on any atom is -0.508 e. The molecule has 0 unspecified atom stereocenters. The first-order valence-corrected chi connectivity index (χ1v) is 11.5. The van der Waals surface area contributed by atoms with Gasteiger partial charge < -0.3 is 20.0 Å². The van der Waals surface area contributed by atoms with Crippen molar-refractivity contribution >= 4 is 23.1 Å². The Morgan fingerprint density at radius 3 is 2.21 bits per heavy atom. The van der Waals surface area contributed by atoms with Gasteiger partial charge in [0.25, 0.3) is 0 Å². The first-order chi connectivity index (χ1) is 14.2. The number of hydrogen-bond acceptors (Lipinski definition) is 6.